The maximum absolute atomic E-state index is 10.4. The molecule has 5 heteroatoms. The molecule has 2 fully saturated rings. The zero-order valence-corrected chi connectivity index (χ0v) is 20.3. The Bertz CT molecular complexity index is 687. The maximum atomic E-state index is 10.4. The van der Waals surface area contributed by atoms with Crippen molar-refractivity contribution in [2.45, 2.75) is 116 Å². The van der Waals surface area contributed by atoms with Gasteiger partial charge in [-0.25, -0.2) is 0 Å². The van der Waals surface area contributed by atoms with Gasteiger partial charge in [0.25, 0.3) is 0 Å². The van der Waals surface area contributed by atoms with Crippen LogP contribution in [0.5, 0.6) is 0 Å². The number of ether oxygens (including phenoxy) is 2. The number of aliphatic hydroxyl groups is 3. The molecule has 2 unspecified atom stereocenters. The Morgan fingerprint density at radius 1 is 1.19 bits per heavy atom. The van der Waals surface area contributed by atoms with Gasteiger partial charge in [0.15, 0.2) is 6.29 Å². The number of fused-ring (bicyclic) bond motifs is 1. The molecule has 2 aliphatic carbocycles. The smallest absolute Gasteiger partial charge is 0.187 e. The summed E-state index contributed by atoms with van der Waals surface area (Å²) in [5.41, 5.74) is 1.40. The Kier molecular flexibility index (Phi) is 7.16. The first-order valence-corrected chi connectivity index (χ1v) is 12.0. The zero-order chi connectivity index (χ0) is 23.2. The molecule has 0 aromatic rings. The van der Waals surface area contributed by atoms with Gasteiger partial charge in [0.2, 0.25) is 0 Å². The second-order valence-corrected chi connectivity index (χ2v) is 11.5. The van der Waals surface area contributed by atoms with E-state index in [1.54, 1.807) is 13.0 Å². The van der Waals surface area contributed by atoms with E-state index in [4.69, 9.17) is 9.47 Å². The Hall–Kier alpha value is -0.720. The van der Waals surface area contributed by atoms with Crippen LogP contribution in [-0.2, 0) is 9.47 Å². The summed E-state index contributed by atoms with van der Waals surface area (Å²) in [6.45, 7) is 17.2. The standard InChI is InChI=1S/C26H44O5/c1-8-25(6,31-23-22(29)21(28)20(27)17(3)30-23)15-12-18-16(2)10-11-19-24(4,5)13-9-14-26(18,19)7/h8,10,17-23,27-29H,1,9,11-15H2,2-7H3/t17?,18-,19-,20-,21+,22?,23-,25-,26+/m0/s1. The highest BCUT2D eigenvalue weighted by molar-refractivity contribution is 5.18. The molecule has 3 aliphatic rings. The van der Waals surface area contributed by atoms with E-state index < -0.39 is 36.3 Å². The van der Waals surface area contributed by atoms with Crippen molar-refractivity contribution in [3.8, 4) is 0 Å². The summed E-state index contributed by atoms with van der Waals surface area (Å²) in [4.78, 5) is 0. The van der Waals surface area contributed by atoms with Crippen LogP contribution < -0.4 is 0 Å². The summed E-state index contributed by atoms with van der Waals surface area (Å²) in [5.74, 6) is 1.16. The van der Waals surface area contributed by atoms with Crippen molar-refractivity contribution in [3.05, 3.63) is 24.3 Å². The zero-order valence-electron chi connectivity index (χ0n) is 20.3. The van der Waals surface area contributed by atoms with Gasteiger partial charge in [0.05, 0.1) is 11.7 Å². The second kappa shape index (κ2) is 8.90. The van der Waals surface area contributed by atoms with Gasteiger partial charge in [-0.2, -0.15) is 0 Å². The molecule has 0 spiro atoms. The third-order valence-electron chi connectivity index (χ3n) is 8.85. The lowest BCUT2D eigenvalue weighted by Gasteiger charge is -2.57. The molecule has 0 aromatic carbocycles. The van der Waals surface area contributed by atoms with Crippen LogP contribution in [0.3, 0.4) is 0 Å². The van der Waals surface area contributed by atoms with Gasteiger partial charge in [0.1, 0.15) is 18.3 Å². The summed E-state index contributed by atoms with van der Waals surface area (Å²) < 4.78 is 11.9. The highest BCUT2D eigenvalue weighted by Crippen LogP contribution is 2.60. The van der Waals surface area contributed by atoms with Gasteiger partial charge >= 0.3 is 0 Å². The highest BCUT2D eigenvalue weighted by atomic mass is 16.7. The molecular formula is C26H44O5. The van der Waals surface area contributed by atoms with E-state index in [1.165, 1.54) is 31.3 Å². The van der Waals surface area contributed by atoms with Crippen molar-refractivity contribution in [1.29, 1.82) is 0 Å². The van der Waals surface area contributed by atoms with Crippen LogP contribution in [0.25, 0.3) is 0 Å². The van der Waals surface area contributed by atoms with E-state index in [2.05, 4.69) is 40.3 Å². The van der Waals surface area contributed by atoms with Crippen molar-refractivity contribution in [2.24, 2.45) is 22.7 Å². The minimum Gasteiger partial charge on any atom is -0.388 e. The van der Waals surface area contributed by atoms with Crippen LogP contribution >= 0.6 is 0 Å². The van der Waals surface area contributed by atoms with Gasteiger partial charge in [0, 0.05) is 0 Å². The second-order valence-electron chi connectivity index (χ2n) is 11.5. The maximum Gasteiger partial charge on any atom is 0.187 e. The van der Waals surface area contributed by atoms with E-state index in [0.29, 0.717) is 17.3 Å². The molecule has 0 amide bonds. The molecule has 1 heterocycles. The molecule has 5 nitrogen and oxygen atoms in total. The SMILES string of the molecule is C=C[C@@](C)(CC[C@H]1C(C)=CC[C@H]2C(C)(C)CCC[C@]12C)O[C@@H]1OC(C)[C@H](O)[C@@H](O)C1O. The van der Waals surface area contributed by atoms with E-state index >= 15 is 0 Å². The third kappa shape index (κ3) is 4.67. The largest absolute Gasteiger partial charge is 0.388 e. The Morgan fingerprint density at radius 3 is 2.52 bits per heavy atom. The Labute approximate surface area is 188 Å². The van der Waals surface area contributed by atoms with Crippen molar-refractivity contribution < 1.29 is 24.8 Å². The molecule has 0 aromatic heterocycles. The fraction of sp³-hybridized carbons (Fsp3) is 0.846. The fourth-order valence-electron chi connectivity index (χ4n) is 6.71. The molecule has 1 aliphatic heterocycles. The predicted octanol–water partition coefficient (Wildman–Crippen LogP) is 4.35. The van der Waals surface area contributed by atoms with Crippen molar-refractivity contribution in [3.63, 3.8) is 0 Å². The minimum absolute atomic E-state index is 0.276. The van der Waals surface area contributed by atoms with E-state index in [9.17, 15) is 15.3 Å². The van der Waals surface area contributed by atoms with Gasteiger partial charge in [-0.15, -0.1) is 6.58 Å². The number of rotatable bonds is 6. The molecule has 3 N–H and O–H groups in total. The number of hydrogen-bond donors (Lipinski definition) is 3. The average molecular weight is 437 g/mol. The minimum atomic E-state index is -1.30. The monoisotopic (exact) mass is 436 g/mol. The first kappa shape index (κ1) is 24.9. The first-order chi connectivity index (χ1) is 14.3. The third-order valence-corrected chi connectivity index (χ3v) is 8.85. The lowest BCUT2D eigenvalue weighted by molar-refractivity contribution is -0.313. The fourth-order valence-corrected chi connectivity index (χ4v) is 6.71. The lowest BCUT2D eigenvalue weighted by Crippen LogP contribution is -2.58. The van der Waals surface area contributed by atoms with E-state index in [1.807, 2.05) is 6.92 Å². The topological polar surface area (TPSA) is 79.2 Å². The molecular weight excluding hydrogens is 392 g/mol. The first-order valence-electron chi connectivity index (χ1n) is 12.0. The van der Waals surface area contributed by atoms with Crippen LogP contribution in [0.4, 0.5) is 0 Å². The Morgan fingerprint density at radius 2 is 1.87 bits per heavy atom. The van der Waals surface area contributed by atoms with E-state index in [-0.39, 0.29) is 5.41 Å². The summed E-state index contributed by atoms with van der Waals surface area (Å²) >= 11 is 0. The van der Waals surface area contributed by atoms with Gasteiger partial charge in [-0.05, 0) is 75.5 Å². The molecule has 31 heavy (non-hydrogen) atoms. The average Bonchev–Trinajstić information content (AvgIpc) is 2.69. The van der Waals surface area contributed by atoms with Crippen LogP contribution in [0.2, 0.25) is 0 Å². The molecule has 178 valence electrons. The normalized spacial score (nSPS) is 44.7. The molecule has 0 radical (unpaired) electrons. The lowest BCUT2D eigenvalue weighted by atomic mass is 9.48. The van der Waals surface area contributed by atoms with Crippen molar-refractivity contribution in [1.82, 2.24) is 0 Å². The molecule has 1 saturated heterocycles. The molecule has 0 bridgehead atoms. The molecule has 9 atom stereocenters. The van der Waals surface area contributed by atoms with E-state index in [0.717, 1.165) is 12.8 Å². The van der Waals surface area contributed by atoms with Gasteiger partial charge < -0.3 is 24.8 Å². The molecule has 3 rings (SSSR count). The predicted molar refractivity (Wildman–Crippen MR) is 122 cm³/mol. The summed E-state index contributed by atoms with van der Waals surface area (Å²) in [5, 5.41) is 30.5. The summed E-state index contributed by atoms with van der Waals surface area (Å²) in [6, 6.07) is 0. The number of allylic oxidation sites excluding steroid dienone is 2. The van der Waals surface area contributed by atoms with Gasteiger partial charge in [-0.3, -0.25) is 0 Å². The Balaban J connectivity index is 1.74. The van der Waals surface area contributed by atoms with Crippen LogP contribution in [0.1, 0.15) is 80.1 Å². The quantitative estimate of drug-likeness (QED) is 0.539. The summed E-state index contributed by atoms with van der Waals surface area (Å²) in [6.07, 6.45) is 5.58. The number of hydrogen-bond acceptors (Lipinski definition) is 5. The highest BCUT2D eigenvalue weighted by Gasteiger charge is 2.52. The molecule has 1 saturated carbocycles. The van der Waals surface area contributed by atoms with Crippen molar-refractivity contribution >= 4 is 0 Å². The number of aliphatic hydroxyl groups excluding tert-OH is 3. The van der Waals surface area contributed by atoms with Crippen LogP contribution in [-0.4, -0.2) is 51.6 Å². The van der Waals surface area contributed by atoms with Crippen LogP contribution in [0, 0.1) is 22.7 Å². The van der Waals surface area contributed by atoms with Crippen LogP contribution in [0.15, 0.2) is 24.3 Å². The van der Waals surface area contributed by atoms with Gasteiger partial charge in [-0.1, -0.05) is 44.9 Å². The summed E-state index contributed by atoms with van der Waals surface area (Å²) in [7, 11) is 0. The van der Waals surface area contributed by atoms with Crippen molar-refractivity contribution in [2.75, 3.05) is 0 Å².